The Kier molecular flexibility index (Phi) is 4.16. The maximum Gasteiger partial charge on any atom is 0.275 e. The smallest absolute Gasteiger partial charge is 0.275 e. The summed E-state index contributed by atoms with van der Waals surface area (Å²) in [6.07, 6.45) is 0. The van der Waals surface area contributed by atoms with Gasteiger partial charge in [-0.15, -0.1) is 22.7 Å². The van der Waals surface area contributed by atoms with Crippen LogP contribution in [-0.4, -0.2) is 10.9 Å². The second kappa shape index (κ2) is 5.63. The number of nitrogens with zero attached hydrogens (tertiary/aromatic N) is 1. The first-order chi connectivity index (χ1) is 8.19. The summed E-state index contributed by atoms with van der Waals surface area (Å²) in [4.78, 5) is 17.4. The Labute approximate surface area is 111 Å². The number of nitrogens with one attached hydrogen (secondary N) is 1. The van der Waals surface area contributed by atoms with Crippen molar-refractivity contribution in [2.45, 2.75) is 17.0 Å². The van der Waals surface area contributed by atoms with Gasteiger partial charge >= 0.3 is 0 Å². The lowest BCUT2D eigenvalue weighted by Gasteiger charge is -1.94. The van der Waals surface area contributed by atoms with E-state index in [9.17, 15) is 4.79 Å². The molecule has 2 aromatic rings. The van der Waals surface area contributed by atoms with E-state index < -0.39 is 0 Å². The van der Waals surface area contributed by atoms with Gasteiger partial charge in [-0.1, -0.05) is 11.8 Å². The number of rotatable bonds is 4. The molecule has 2 rings (SSSR count). The Morgan fingerprint density at radius 1 is 1.59 bits per heavy atom. The van der Waals surface area contributed by atoms with E-state index in [1.54, 1.807) is 29.2 Å². The molecule has 3 N–H and O–H groups in total. The molecule has 1 amide bonds. The third-order valence-corrected chi connectivity index (χ3v) is 5.41. The van der Waals surface area contributed by atoms with Gasteiger partial charge in [-0.25, -0.2) is 10.8 Å². The highest BCUT2D eigenvalue weighted by atomic mass is 32.2. The zero-order valence-corrected chi connectivity index (χ0v) is 11.5. The first-order valence-corrected chi connectivity index (χ1v) is 7.52. The van der Waals surface area contributed by atoms with Gasteiger partial charge in [0, 0.05) is 21.7 Å². The Hall–Kier alpha value is -0.890. The lowest BCUT2D eigenvalue weighted by atomic mass is 10.4. The number of thioether (sulfide) groups is 1. The maximum absolute atomic E-state index is 11.3. The first kappa shape index (κ1) is 12.6. The van der Waals surface area contributed by atoms with Crippen molar-refractivity contribution in [1.29, 1.82) is 0 Å². The van der Waals surface area contributed by atoms with Crippen molar-refractivity contribution in [2.75, 3.05) is 0 Å². The van der Waals surface area contributed by atoms with Crippen molar-refractivity contribution >= 4 is 40.3 Å². The number of nitrogens with two attached hydrogens (primary N) is 1. The molecule has 4 nitrogen and oxygen atoms in total. The molecule has 2 heterocycles. The van der Waals surface area contributed by atoms with E-state index in [2.05, 4.69) is 10.4 Å². The zero-order chi connectivity index (χ0) is 12.3. The SMILES string of the molecule is Cc1csc(SCc2ccc(C(=O)NN)s2)n1. The molecule has 0 aliphatic heterocycles. The maximum atomic E-state index is 11.3. The quantitative estimate of drug-likeness (QED) is 0.392. The highest BCUT2D eigenvalue weighted by Gasteiger charge is 2.08. The highest BCUT2D eigenvalue weighted by molar-refractivity contribution is 8.00. The summed E-state index contributed by atoms with van der Waals surface area (Å²) in [5, 5.41) is 2.03. The van der Waals surface area contributed by atoms with E-state index in [-0.39, 0.29) is 5.91 Å². The van der Waals surface area contributed by atoms with Crippen LogP contribution in [0.25, 0.3) is 0 Å². The van der Waals surface area contributed by atoms with Gasteiger partial charge < -0.3 is 0 Å². The average Bonchev–Trinajstić information content (AvgIpc) is 2.94. The highest BCUT2D eigenvalue weighted by Crippen LogP contribution is 2.28. The predicted molar refractivity (Wildman–Crippen MR) is 72.4 cm³/mol. The molecule has 0 radical (unpaired) electrons. The number of thiophene rings is 1. The van der Waals surface area contributed by atoms with E-state index in [1.165, 1.54) is 11.3 Å². The number of aryl methyl sites for hydroxylation is 1. The number of hydrazine groups is 1. The second-order valence-electron chi connectivity index (χ2n) is 3.28. The van der Waals surface area contributed by atoms with Crippen LogP contribution in [-0.2, 0) is 5.75 Å². The number of thiazole rings is 1. The van der Waals surface area contributed by atoms with Crippen LogP contribution in [0.15, 0.2) is 21.9 Å². The van der Waals surface area contributed by atoms with E-state index >= 15 is 0 Å². The average molecular weight is 285 g/mol. The fourth-order valence-corrected chi connectivity index (χ4v) is 3.98. The number of carbonyl (C=O) groups excluding carboxylic acids is 1. The van der Waals surface area contributed by atoms with Crippen LogP contribution >= 0.6 is 34.4 Å². The van der Waals surface area contributed by atoms with Gasteiger partial charge in [0.15, 0.2) is 0 Å². The summed E-state index contributed by atoms with van der Waals surface area (Å²) in [6.45, 7) is 1.98. The minimum absolute atomic E-state index is 0.239. The van der Waals surface area contributed by atoms with Gasteiger partial charge in [-0.3, -0.25) is 10.2 Å². The largest absolute Gasteiger partial charge is 0.289 e. The van der Waals surface area contributed by atoms with Crippen molar-refractivity contribution in [3.63, 3.8) is 0 Å². The molecule has 0 aromatic carbocycles. The number of hydrogen-bond acceptors (Lipinski definition) is 6. The molecule has 0 saturated heterocycles. The monoisotopic (exact) mass is 285 g/mol. The van der Waals surface area contributed by atoms with Crippen molar-refractivity contribution in [1.82, 2.24) is 10.4 Å². The van der Waals surface area contributed by atoms with Gasteiger partial charge in [0.1, 0.15) is 4.34 Å². The Morgan fingerprint density at radius 2 is 2.41 bits per heavy atom. The zero-order valence-electron chi connectivity index (χ0n) is 9.10. The standard InChI is InChI=1S/C10H11N3OS3/c1-6-4-15-10(12-6)16-5-7-2-3-8(17-7)9(14)13-11/h2-4H,5,11H2,1H3,(H,13,14). The normalized spacial score (nSPS) is 10.5. The molecular weight excluding hydrogens is 274 g/mol. The van der Waals surface area contributed by atoms with E-state index in [0.717, 1.165) is 20.7 Å². The Bertz CT molecular complexity index is 520. The fraction of sp³-hybridized carbons (Fsp3) is 0.200. The number of nitrogen functional groups attached to an aromatic ring is 1. The number of hydrogen-bond donors (Lipinski definition) is 2. The molecule has 0 spiro atoms. The van der Waals surface area contributed by atoms with Crippen LogP contribution in [0.1, 0.15) is 20.2 Å². The van der Waals surface area contributed by atoms with E-state index in [4.69, 9.17) is 5.84 Å². The number of carbonyl (C=O) groups is 1. The second-order valence-corrected chi connectivity index (χ2v) is 6.53. The molecule has 0 saturated carbocycles. The summed E-state index contributed by atoms with van der Waals surface area (Å²) < 4.78 is 1.06. The van der Waals surface area contributed by atoms with E-state index in [1.807, 2.05) is 18.4 Å². The minimum Gasteiger partial charge on any atom is -0.289 e. The van der Waals surface area contributed by atoms with Crippen molar-refractivity contribution in [2.24, 2.45) is 5.84 Å². The molecule has 0 aliphatic carbocycles. The molecule has 2 aromatic heterocycles. The fourth-order valence-electron chi connectivity index (χ4n) is 1.18. The number of amides is 1. The van der Waals surface area contributed by atoms with Gasteiger partial charge in [-0.05, 0) is 19.1 Å². The summed E-state index contributed by atoms with van der Waals surface area (Å²) in [7, 11) is 0. The van der Waals surface area contributed by atoms with Crippen LogP contribution in [0.4, 0.5) is 0 Å². The lowest BCUT2D eigenvalue weighted by molar-refractivity contribution is 0.0957. The third-order valence-electron chi connectivity index (χ3n) is 1.95. The van der Waals surface area contributed by atoms with Crippen LogP contribution in [0, 0.1) is 6.92 Å². The molecular formula is C10H11N3OS3. The van der Waals surface area contributed by atoms with Gasteiger partial charge in [-0.2, -0.15) is 0 Å². The molecule has 0 aliphatic rings. The van der Waals surface area contributed by atoms with Crippen molar-refractivity contribution in [3.8, 4) is 0 Å². The Balaban J connectivity index is 1.95. The molecule has 0 unspecified atom stereocenters. The molecule has 17 heavy (non-hydrogen) atoms. The Morgan fingerprint density at radius 3 is 3.06 bits per heavy atom. The lowest BCUT2D eigenvalue weighted by Crippen LogP contribution is -2.29. The third kappa shape index (κ3) is 3.29. The summed E-state index contributed by atoms with van der Waals surface area (Å²) in [5.74, 6) is 5.66. The topological polar surface area (TPSA) is 68.0 Å². The molecule has 0 fully saturated rings. The molecule has 90 valence electrons. The molecule has 0 bridgehead atoms. The van der Waals surface area contributed by atoms with Crippen LogP contribution in [0.2, 0.25) is 0 Å². The van der Waals surface area contributed by atoms with Crippen LogP contribution < -0.4 is 11.3 Å². The summed E-state index contributed by atoms with van der Waals surface area (Å²) in [5.41, 5.74) is 3.17. The van der Waals surface area contributed by atoms with Gasteiger partial charge in [0.25, 0.3) is 5.91 Å². The van der Waals surface area contributed by atoms with Crippen molar-refractivity contribution < 1.29 is 4.79 Å². The minimum atomic E-state index is -0.239. The van der Waals surface area contributed by atoms with E-state index in [0.29, 0.717) is 4.88 Å². The predicted octanol–water partition coefficient (Wildman–Crippen LogP) is 2.41. The van der Waals surface area contributed by atoms with Crippen molar-refractivity contribution in [3.05, 3.63) is 33.0 Å². The summed E-state index contributed by atoms with van der Waals surface area (Å²) >= 11 is 4.78. The molecule has 7 heteroatoms. The number of aromatic nitrogens is 1. The van der Waals surface area contributed by atoms with Gasteiger partial charge in [0.2, 0.25) is 0 Å². The first-order valence-electron chi connectivity index (χ1n) is 4.83. The van der Waals surface area contributed by atoms with Gasteiger partial charge in [0.05, 0.1) is 4.88 Å². The van der Waals surface area contributed by atoms with Crippen LogP contribution in [0.3, 0.4) is 0 Å². The van der Waals surface area contributed by atoms with Crippen LogP contribution in [0.5, 0.6) is 0 Å². The summed E-state index contributed by atoms with van der Waals surface area (Å²) in [6, 6.07) is 3.73. The molecule has 0 atom stereocenters.